The predicted molar refractivity (Wildman–Crippen MR) is 494 cm³/mol. The van der Waals surface area contributed by atoms with Gasteiger partial charge in [0.1, 0.15) is 69.4 Å². The van der Waals surface area contributed by atoms with Gasteiger partial charge in [0, 0.05) is 45.0 Å². The molecule has 4 heterocycles. The van der Waals surface area contributed by atoms with Gasteiger partial charge in [-0.15, -0.1) is 40.8 Å². The number of aryl methyl sites for hydroxylation is 8. The molecule has 132 heavy (non-hydrogen) atoms. The number of aromatic hydroxyl groups is 2. The fourth-order valence-corrected chi connectivity index (χ4v) is 14.0. The van der Waals surface area contributed by atoms with Crippen LogP contribution >= 0.6 is 0 Å². The number of phenolic OH excluding ortho intramolecular Hbond substituents is 2. The SMILES string of the molecule is C.C.C.C.C.C.C.C.Cc1ccc(C(c2ccc(-c3nnc(C)n3-c3ccc(F)cc3)cc2)(C(F)(F)F)C(F)(F)F)cc1.Cc1ccc(C(c2ccc(-c3nnc(C)n3-c3ccc(O)cc3)cc2)(C(F)(F)F)C(F)(F)F)cc1.Cc1ccc(Oc2ccc(-c3nnc(C)n3-c3ccc(F)cc3)cc2)cc1.Cc1ccc(Oc2ccc(-c3nnc(C)n3-c3ccc(O)cc3)cc2)cc1. The topological polar surface area (TPSA) is 182 Å². The van der Waals surface area contributed by atoms with Gasteiger partial charge >= 0.3 is 24.7 Å². The quantitative estimate of drug-likeness (QED) is 0.0875. The van der Waals surface area contributed by atoms with Gasteiger partial charge in [-0.2, -0.15) is 52.7 Å². The zero-order valence-electron chi connectivity index (χ0n) is 67.1. The van der Waals surface area contributed by atoms with E-state index in [1.165, 1.54) is 88.5 Å². The average Bonchev–Trinajstić information content (AvgIpc) is 0.955. The van der Waals surface area contributed by atoms with Crippen LogP contribution in [-0.2, 0) is 10.8 Å². The summed E-state index contributed by atoms with van der Waals surface area (Å²) in [5.41, 5.74) is -3.71. The van der Waals surface area contributed by atoms with Crippen molar-refractivity contribution in [3.05, 3.63) is 371 Å². The number of hydrogen-bond donors (Lipinski definition) is 2. The lowest BCUT2D eigenvalue weighted by Gasteiger charge is -2.38. The van der Waals surface area contributed by atoms with Crippen LogP contribution in [0.2, 0.25) is 0 Å². The molecule has 2 N–H and O–H groups in total. The van der Waals surface area contributed by atoms with Gasteiger partial charge in [-0.05, 0) is 248 Å². The van der Waals surface area contributed by atoms with Crippen molar-refractivity contribution in [2.24, 2.45) is 0 Å². The zero-order valence-corrected chi connectivity index (χ0v) is 67.1. The molecule has 0 aliphatic carbocycles. The van der Waals surface area contributed by atoms with Crippen molar-refractivity contribution in [3.63, 3.8) is 0 Å². The van der Waals surface area contributed by atoms with Crippen LogP contribution < -0.4 is 9.47 Å². The largest absolute Gasteiger partial charge is 0.508 e. The Morgan fingerprint density at radius 1 is 0.220 bits per heavy atom. The Balaban J connectivity index is 0.000000307. The smallest absolute Gasteiger partial charge is 0.411 e. The van der Waals surface area contributed by atoms with Crippen molar-refractivity contribution in [1.29, 1.82) is 0 Å². The highest BCUT2D eigenvalue weighted by Gasteiger charge is 2.73. The van der Waals surface area contributed by atoms with E-state index in [9.17, 15) is 71.7 Å². The standard InChI is InChI=1S/C25H18F7N3.C25H19F6N3O.C22H18FN3O.C22H19N3O2.8CH4/c1-15-3-7-18(8-4-15)23(24(27,28)29,25(30,31)32)19-9-5-17(6-10-19)22-34-33-16(2)35(22)21-13-11-20(26)12-14-21;1-15-3-7-18(8-4-15)23(24(26,27)28,25(29,30)31)19-9-5-17(6-10-19)22-33-32-16(2)34(22)20-11-13-21(35)14-12-20;1-15-3-11-20(12-4-15)27-21-13-5-17(6-14-21)22-25-24-16(2)26(22)19-9-7-18(23)8-10-19;1-15-3-11-20(12-4-15)27-21-13-5-17(6-14-21)22-24-23-16(2)25(22)18-7-9-19(26)10-8-18;;;;;;;;/h3-14H,1-2H3;3-14,35H,1-2H3;3-14H,1-2H3;3-14,26H,1-2H3;8*1H4. The Kier molecular flexibility index (Phi) is 36.1. The van der Waals surface area contributed by atoms with Crippen molar-refractivity contribution < 1.29 is 81.2 Å². The van der Waals surface area contributed by atoms with Crippen LogP contribution in [0.5, 0.6) is 34.5 Å². The van der Waals surface area contributed by atoms with Gasteiger partial charge in [0.05, 0.1) is 0 Å². The molecular weight excluding hydrogens is 1720 g/mol. The van der Waals surface area contributed by atoms with Crippen molar-refractivity contribution in [2.75, 3.05) is 0 Å². The number of rotatable bonds is 16. The highest BCUT2D eigenvalue weighted by Crippen LogP contribution is 2.58. The van der Waals surface area contributed by atoms with E-state index in [0.29, 0.717) is 40.0 Å². The molecule has 0 amide bonds. The van der Waals surface area contributed by atoms with Crippen LogP contribution in [0, 0.1) is 67.0 Å². The summed E-state index contributed by atoms with van der Waals surface area (Å²) in [6.07, 6.45) is -22.7. The summed E-state index contributed by atoms with van der Waals surface area (Å²) >= 11 is 0. The second-order valence-corrected chi connectivity index (χ2v) is 28.9. The minimum Gasteiger partial charge on any atom is -0.508 e. The van der Waals surface area contributed by atoms with Crippen LogP contribution in [0.1, 0.15) is 127 Å². The van der Waals surface area contributed by atoms with Gasteiger partial charge in [-0.3, -0.25) is 18.3 Å². The van der Waals surface area contributed by atoms with E-state index in [1.807, 2.05) is 146 Å². The number of aromatic nitrogens is 12. The van der Waals surface area contributed by atoms with Gasteiger partial charge in [-0.1, -0.05) is 203 Å². The summed E-state index contributed by atoms with van der Waals surface area (Å²) in [5.74, 6) is 6.78. The van der Waals surface area contributed by atoms with E-state index in [4.69, 9.17) is 9.47 Å². The summed E-state index contributed by atoms with van der Waals surface area (Å²) in [6.45, 7) is 14.3. The number of hydrogen-bond acceptors (Lipinski definition) is 12. The lowest BCUT2D eigenvalue weighted by atomic mass is 9.72. The second kappa shape index (κ2) is 44.2. The van der Waals surface area contributed by atoms with Gasteiger partial charge in [0.15, 0.2) is 23.3 Å². The maximum atomic E-state index is 14.3. The number of nitrogens with zero attached hydrogens (tertiary/aromatic N) is 12. The number of ether oxygens (including phenoxy) is 2. The Labute approximate surface area is 760 Å². The molecule has 16 aromatic rings. The summed E-state index contributed by atoms with van der Waals surface area (Å²) < 4.78 is 217. The average molecular weight is 1830 g/mol. The third kappa shape index (κ3) is 22.8. The van der Waals surface area contributed by atoms with E-state index in [2.05, 4.69) is 40.8 Å². The summed E-state index contributed by atoms with van der Waals surface area (Å²) in [4.78, 5) is 0. The molecule has 12 aromatic carbocycles. The maximum Gasteiger partial charge on any atom is 0.411 e. The molecule has 4 aromatic heterocycles. The Bertz CT molecular complexity index is 5890. The number of phenols is 2. The molecule has 0 atom stereocenters. The Hall–Kier alpha value is -14.6. The molecule has 696 valence electrons. The van der Waals surface area contributed by atoms with Crippen LogP contribution in [-0.4, -0.2) is 94.0 Å². The molecular formula is C102H106F14N12O4. The molecule has 16 rings (SSSR count). The fourth-order valence-electron chi connectivity index (χ4n) is 14.0. The van der Waals surface area contributed by atoms with Crippen LogP contribution in [0.3, 0.4) is 0 Å². The highest BCUT2D eigenvalue weighted by molar-refractivity contribution is 5.65. The van der Waals surface area contributed by atoms with Crippen LogP contribution in [0.4, 0.5) is 61.5 Å². The molecule has 0 aliphatic rings. The second-order valence-electron chi connectivity index (χ2n) is 28.9. The third-order valence-corrected chi connectivity index (χ3v) is 20.2. The van der Waals surface area contributed by atoms with Gasteiger partial charge in [0.2, 0.25) is 10.8 Å². The molecule has 0 bridgehead atoms. The monoisotopic (exact) mass is 1830 g/mol. The third-order valence-electron chi connectivity index (χ3n) is 20.2. The lowest BCUT2D eigenvalue weighted by molar-refractivity contribution is -0.290. The molecule has 16 nitrogen and oxygen atoms in total. The Morgan fingerprint density at radius 3 is 0.583 bits per heavy atom. The first kappa shape index (κ1) is 108. The number of alkyl halides is 12. The predicted octanol–water partition coefficient (Wildman–Crippen LogP) is 29.4. The van der Waals surface area contributed by atoms with E-state index in [-0.39, 0.29) is 99.5 Å². The molecule has 30 heteroatoms. The molecule has 0 fully saturated rings. The number of benzene rings is 12. The molecule has 0 aliphatic heterocycles. The highest BCUT2D eigenvalue weighted by atomic mass is 19.4. The first-order chi connectivity index (χ1) is 58.9. The molecule has 0 saturated carbocycles. The van der Waals surface area contributed by atoms with Crippen LogP contribution in [0.15, 0.2) is 291 Å². The first-order valence-corrected chi connectivity index (χ1v) is 38.0. The zero-order chi connectivity index (χ0) is 88.8. The van der Waals surface area contributed by atoms with E-state index in [1.54, 1.807) is 68.7 Å². The first-order valence-electron chi connectivity index (χ1n) is 38.0. The minimum absolute atomic E-state index is 0. The molecule has 0 spiro atoms. The molecule has 0 radical (unpaired) electrons. The minimum atomic E-state index is -5.67. The number of halogens is 14. The summed E-state index contributed by atoms with van der Waals surface area (Å²) in [7, 11) is 0. The molecule has 0 unspecified atom stereocenters. The van der Waals surface area contributed by atoms with Gasteiger partial charge in [0.25, 0.3) is 0 Å². The van der Waals surface area contributed by atoms with Gasteiger partial charge in [-0.25, -0.2) is 8.78 Å². The fraction of sp³-hybridized carbons (Fsp3) is 0.216. The van der Waals surface area contributed by atoms with Crippen molar-refractivity contribution in [3.8, 4) is 103 Å². The van der Waals surface area contributed by atoms with Crippen molar-refractivity contribution in [2.45, 2.75) is 150 Å². The van der Waals surface area contributed by atoms with E-state index >= 15 is 0 Å². The van der Waals surface area contributed by atoms with Crippen LogP contribution in [0.25, 0.3) is 68.3 Å². The van der Waals surface area contributed by atoms with Gasteiger partial charge < -0.3 is 19.7 Å². The summed E-state index contributed by atoms with van der Waals surface area (Å²) in [6, 6.07) is 72.0. The molecule has 0 saturated heterocycles. The van der Waals surface area contributed by atoms with Crippen molar-refractivity contribution >= 4 is 0 Å². The Morgan fingerprint density at radius 2 is 0.386 bits per heavy atom. The van der Waals surface area contributed by atoms with Crippen molar-refractivity contribution in [1.82, 2.24) is 59.1 Å². The lowest BCUT2D eigenvalue weighted by Crippen LogP contribution is -2.54. The maximum absolute atomic E-state index is 14.3. The van der Waals surface area contributed by atoms with E-state index in [0.717, 1.165) is 136 Å². The normalized spacial score (nSPS) is 11.1. The summed E-state index contributed by atoms with van der Waals surface area (Å²) in [5, 5.41) is 52.1. The van der Waals surface area contributed by atoms with E-state index < -0.39 is 63.6 Å².